The molecule has 2 aliphatic rings. The first kappa shape index (κ1) is 13.3. The normalized spacial score (nSPS) is 28.8. The van der Waals surface area contributed by atoms with Gasteiger partial charge in [-0.1, -0.05) is 6.42 Å². The Kier molecular flexibility index (Phi) is 4.58. The molecule has 102 valence electrons. The van der Waals surface area contributed by atoms with Gasteiger partial charge in [0.1, 0.15) is 0 Å². The van der Waals surface area contributed by atoms with Gasteiger partial charge in [-0.15, -0.1) is 0 Å². The quantitative estimate of drug-likeness (QED) is 0.734. The third-order valence-corrected chi connectivity index (χ3v) is 3.96. The molecular weight excluding hydrogens is 230 g/mol. The van der Waals surface area contributed by atoms with Gasteiger partial charge in [0.15, 0.2) is 0 Å². The van der Waals surface area contributed by atoms with Crippen molar-refractivity contribution in [1.82, 2.24) is 15.5 Å². The first-order chi connectivity index (χ1) is 8.72. The van der Waals surface area contributed by atoms with Crippen LogP contribution in [0.15, 0.2) is 0 Å². The topological polar surface area (TPSA) is 61.4 Å². The van der Waals surface area contributed by atoms with Crippen LogP contribution >= 0.6 is 0 Å². The van der Waals surface area contributed by atoms with Gasteiger partial charge in [0.2, 0.25) is 11.8 Å². The van der Waals surface area contributed by atoms with E-state index in [1.807, 2.05) is 4.90 Å². The van der Waals surface area contributed by atoms with Crippen LogP contribution in [0.3, 0.4) is 0 Å². The number of likely N-dealkylation sites (tertiary alicyclic amines) is 1. The van der Waals surface area contributed by atoms with Crippen molar-refractivity contribution in [2.45, 2.75) is 38.1 Å². The second kappa shape index (κ2) is 6.18. The van der Waals surface area contributed by atoms with E-state index >= 15 is 0 Å². The minimum atomic E-state index is -0.0312. The van der Waals surface area contributed by atoms with Crippen molar-refractivity contribution in [3.63, 3.8) is 0 Å². The van der Waals surface area contributed by atoms with E-state index in [9.17, 15) is 9.59 Å². The molecule has 0 aromatic rings. The highest BCUT2D eigenvalue weighted by atomic mass is 16.2. The maximum atomic E-state index is 12.3. The molecule has 5 heteroatoms. The van der Waals surface area contributed by atoms with Crippen LogP contribution in [-0.2, 0) is 9.59 Å². The SMILES string of the molecule is CNC(=O)C1CCCN(C(=O)C2CCCCN2)C1. The Morgan fingerprint density at radius 1 is 1.22 bits per heavy atom. The summed E-state index contributed by atoms with van der Waals surface area (Å²) < 4.78 is 0. The largest absolute Gasteiger partial charge is 0.359 e. The van der Waals surface area contributed by atoms with Gasteiger partial charge in [0, 0.05) is 20.1 Å². The van der Waals surface area contributed by atoms with Crippen molar-refractivity contribution in [2.24, 2.45) is 5.92 Å². The number of piperidine rings is 2. The van der Waals surface area contributed by atoms with Crippen molar-refractivity contribution >= 4 is 11.8 Å². The molecule has 0 aromatic carbocycles. The summed E-state index contributed by atoms with van der Waals surface area (Å²) in [5.41, 5.74) is 0. The third-order valence-electron chi connectivity index (χ3n) is 3.96. The molecule has 0 aliphatic carbocycles. The first-order valence-corrected chi connectivity index (χ1v) is 6.96. The van der Waals surface area contributed by atoms with Crippen LogP contribution in [0.5, 0.6) is 0 Å². The molecule has 2 rings (SSSR count). The Hall–Kier alpha value is -1.10. The van der Waals surface area contributed by atoms with Crippen molar-refractivity contribution in [2.75, 3.05) is 26.7 Å². The minimum absolute atomic E-state index is 0.0258. The number of amides is 2. The lowest BCUT2D eigenvalue weighted by Gasteiger charge is -2.35. The molecular formula is C13H23N3O2. The number of nitrogens with zero attached hydrogens (tertiary/aromatic N) is 1. The zero-order valence-corrected chi connectivity index (χ0v) is 11.1. The molecule has 0 spiro atoms. The average Bonchev–Trinajstić information content (AvgIpc) is 2.46. The predicted octanol–water partition coefficient (Wildman–Crippen LogP) is 0.113. The van der Waals surface area contributed by atoms with E-state index in [0.717, 1.165) is 45.2 Å². The Labute approximate surface area is 108 Å². The van der Waals surface area contributed by atoms with Crippen molar-refractivity contribution < 1.29 is 9.59 Å². The summed E-state index contributed by atoms with van der Waals surface area (Å²) in [6.45, 7) is 2.31. The summed E-state index contributed by atoms with van der Waals surface area (Å²) in [6.07, 6.45) is 5.03. The van der Waals surface area contributed by atoms with Gasteiger partial charge in [0.05, 0.1) is 12.0 Å². The third kappa shape index (κ3) is 3.02. The van der Waals surface area contributed by atoms with Crippen LogP contribution in [0, 0.1) is 5.92 Å². The molecule has 2 N–H and O–H groups in total. The van der Waals surface area contributed by atoms with Gasteiger partial charge in [-0.3, -0.25) is 9.59 Å². The summed E-state index contributed by atoms with van der Waals surface area (Å²) in [5, 5.41) is 5.96. The second-order valence-corrected chi connectivity index (χ2v) is 5.24. The lowest BCUT2D eigenvalue weighted by molar-refractivity contribution is -0.137. The summed E-state index contributed by atoms with van der Waals surface area (Å²) in [5.74, 6) is 0.212. The van der Waals surface area contributed by atoms with Gasteiger partial charge in [-0.05, 0) is 32.2 Å². The van der Waals surface area contributed by atoms with Crippen LogP contribution in [0.2, 0.25) is 0 Å². The molecule has 2 saturated heterocycles. The Balaban J connectivity index is 1.91. The predicted molar refractivity (Wildman–Crippen MR) is 69.0 cm³/mol. The highest BCUT2D eigenvalue weighted by Crippen LogP contribution is 2.19. The molecule has 2 fully saturated rings. The number of carbonyl (C=O) groups excluding carboxylic acids is 2. The molecule has 2 aliphatic heterocycles. The fourth-order valence-electron chi connectivity index (χ4n) is 2.88. The van der Waals surface area contributed by atoms with E-state index in [1.165, 1.54) is 0 Å². The number of rotatable bonds is 2. The zero-order valence-electron chi connectivity index (χ0n) is 11.1. The van der Waals surface area contributed by atoms with E-state index in [2.05, 4.69) is 10.6 Å². The molecule has 0 saturated carbocycles. The number of nitrogens with one attached hydrogen (secondary N) is 2. The van der Waals surface area contributed by atoms with Crippen molar-refractivity contribution in [3.8, 4) is 0 Å². The Morgan fingerprint density at radius 3 is 2.72 bits per heavy atom. The van der Waals surface area contributed by atoms with E-state index in [-0.39, 0.29) is 23.8 Å². The van der Waals surface area contributed by atoms with Crippen LogP contribution < -0.4 is 10.6 Å². The molecule has 0 bridgehead atoms. The highest BCUT2D eigenvalue weighted by Gasteiger charge is 2.31. The van der Waals surface area contributed by atoms with Crippen molar-refractivity contribution in [1.29, 1.82) is 0 Å². The second-order valence-electron chi connectivity index (χ2n) is 5.24. The smallest absolute Gasteiger partial charge is 0.239 e. The first-order valence-electron chi connectivity index (χ1n) is 6.96. The van der Waals surface area contributed by atoms with Crippen LogP contribution in [-0.4, -0.2) is 49.4 Å². The lowest BCUT2D eigenvalue weighted by atomic mass is 9.95. The average molecular weight is 253 g/mol. The van der Waals surface area contributed by atoms with Gasteiger partial charge in [0.25, 0.3) is 0 Å². The van der Waals surface area contributed by atoms with E-state index in [0.29, 0.717) is 6.54 Å². The molecule has 2 atom stereocenters. The van der Waals surface area contributed by atoms with Gasteiger partial charge in [-0.2, -0.15) is 0 Å². The van der Waals surface area contributed by atoms with Crippen LogP contribution in [0.4, 0.5) is 0 Å². The van der Waals surface area contributed by atoms with Crippen LogP contribution in [0.1, 0.15) is 32.1 Å². The molecule has 0 aromatic heterocycles. The summed E-state index contributed by atoms with van der Waals surface area (Å²) in [6, 6.07) is -0.0258. The Bertz CT molecular complexity index is 313. The fraction of sp³-hybridized carbons (Fsp3) is 0.846. The van der Waals surface area contributed by atoms with Gasteiger partial charge >= 0.3 is 0 Å². The maximum absolute atomic E-state index is 12.3. The highest BCUT2D eigenvalue weighted by molar-refractivity contribution is 5.84. The molecule has 18 heavy (non-hydrogen) atoms. The summed E-state index contributed by atoms with van der Waals surface area (Å²) in [4.78, 5) is 25.9. The monoisotopic (exact) mass is 253 g/mol. The summed E-state index contributed by atoms with van der Waals surface area (Å²) >= 11 is 0. The fourth-order valence-corrected chi connectivity index (χ4v) is 2.88. The molecule has 2 amide bonds. The lowest BCUT2D eigenvalue weighted by Crippen LogP contribution is -2.52. The Morgan fingerprint density at radius 2 is 2.06 bits per heavy atom. The van der Waals surface area contributed by atoms with E-state index < -0.39 is 0 Å². The van der Waals surface area contributed by atoms with Gasteiger partial charge < -0.3 is 15.5 Å². The maximum Gasteiger partial charge on any atom is 0.239 e. The van der Waals surface area contributed by atoms with Gasteiger partial charge in [-0.25, -0.2) is 0 Å². The van der Waals surface area contributed by atoms with Crippen LogP contribution in [0.25, 0.3) is 0 Å². The number of hydrogen-bond donors (Lipinski definition) is 2. The molecule has 5 nitrogen and oxygen atoms in total. The van der Waals surface area contributed by atoms with E-state index in [1.54, 1.807) is 7.05 Å². The minimum Gasteiger partial charge on any atom is -0.359 e. The zero-order chi connectivity index (χ0) is 13.0. The molecule has 2 unspecified atom stereocenters. The van der Waals surface area contributed by atoms with E-state index in [4.69, 9.17) is 0 Å². The molecule has 0 radical (unpaired) electrons. The summed E-state index contributed by atoms with van der Waals surface area (Å²) in [7, 11) is 1.66. The number of hydrogen-bond acceptors (Lipinski definition) is 3. The molecule has 2 heterocycles. The number of carbonyl (C=O) groups is 2. The standard InChI is InChI=1S/C13H23N3O2/c1-14-12(17)10-5-4-8-16(9-10)13(18)11-6-2-3-7-15-11/h10-11,15H,2-9H2,1H3,(H,14,17). The van der Waals surface area contributed by atoms with Crippen molar-refractivity contribution in [3.05, 3.63) is 0 Å².